The van der Waals surface area contributed by atoms with Crippen molar-refractivity contribution in [1.82, 2.24) is 47.3 Å². The summed E-state index contributed by atoms with van der Waals surface area (Å²) < 4.78 is 9.52. The van der Waals surface area contributed by atoms with Gasteiger partial charge in [-0.15, -0.1) is 0 Å². The lowest BCUT2D eigenvalue weighted by Crippen LogP contribution is -2.24. The van der Waals surface area contributed by atoms with Gasteiger partial charge in [-0.05, 0) is 121 Å². The quantitative estimate of drug-likeness (QED) is 0.0579. The van der Waals surface area contributed by atoms with Crippen LogP contribution in [0.25, 0.3) is 99.8 Å². The van der Waals surface area contributed by atoms with Gasteiger partial charge < -0.3 is 0 Å². The molecule has 0 aliphatic rings. The molecule has 0 bridgehead atoms. The second kappa shape index (κ2) is 22.4. The number of carbonyl (C=O) groups is 4. The topological polar surface area (TPSA) is 218 Å². The molecule has 7 aromatic carbocycles. The Morgan fingerprint density at radius 2 is 0.511 bits per heavy atom. The standard InChI is InChI=1S/C70H52N10O8/c1-5-47(81)25-29-63-71-55-17-9-13-21-59(55)75(63)41-33-42(76-60-22-14-10-18-56(60)72-64(76)30-26-48(82)6-2)36-45(35-41)79-67(85)51-39-53-54(40-52(51)68(79)86)70(88)80(69(53)87)46-37-43(77-61-23-15-11-19-57(61)73-65(77)31-27-49(83)7-3)34-44(38-46)78-62-24-16-12-20-58(62)74-66(78)32-28-50(84)8-4/h5-24,33-40H,1-4,25-32H2. The van der Waals surface area contributed by atoms with E-state index < -0.39 is 22.2 Å². The number of carbonyl (C=O) groups excluding carboxylic acids is 4. The summed E-state index contributed by atoms with van der Waals surface area (Å²) in [5.41, 5.74) is 4.27. The molecule has 13 aromatic rings. The van der Waals surface area contributed by atoms with Crippen LogP contribution >= 0.6 is 0 Å². The molecule has 0 atom stereocenters. The Morgan fingerprint density at radius 3 is 0.727 bits per heavy atom. The van der Waals surface area contributed by atoms with E-state index in [-0.39, 0.29) is 107 Å². The van der Waals surface area contributed by atoms with Crippen LogP contribution in [0.5, 0.6) is 0 Å². The van der Waals surface area contributed by atoms with Crippen LogP contribution in [0.1, 0.15) is 49.0 Å². The number of rotatable bonds is 22. The highest BCUT2D eigenvalue weighted by Gasteiger charge is 2.26. The summed E-state index contributed by atoms with van der Waals surface area (Å²) in [7, 11) is 0. The lowest BCUT2D eigenvalue weighted by atomic mass is 10.1. The molecular formula is C70H52N10O8. The van der Waals surface area contributed by atoms with Gasteiger partial charge in [-0.1, -0.05) is 74.8 Å². The maximum absolute atomic E-state index is 15.3. The van der Waals surface area contributed by atoms with Crippen molar-refractivity contribution >= 4 is 88.8 Å². The molecule has 13 rings (SSSR count). The highest BCUT2D eigenvalue weighted by Crippen LogP contribution is 2.33. The first kappa shape index (κ1) is 55.5. The van der Waals surface area contributed by atoms with Crippen LogP contribution in [-0.2, 0) is 44.9 Å². The summed E-state index contributed by atoms with van der Waals surface area (Å²) in [6.07, 6.45) is 6.29. The molecule has 0 aliphatic heterocycles. The minimum atomic E-state index is -0.766. The summed E-state index contributed by atoms with van der Waals surface area (Å²) >= 11 is 0. The Balaban J connectivity index is 1.02. The van der Waals surface area contributed by atoms with Crippen LogP contribution in [-0.4, -0.2) is 70.5 Å². The number of benzene rings is 7. The van der Waals surface area contributed by atoms with E-state index in [0.29, 0.717) is 90.2 Å². The average Bonchev–Trinajstić information content (AvgIpc) is 2.03. The molecular weight excluding hydrogens is 1110 g/mol. The lowest BCUT2D eigenvalue weighted by molar-refractivity contribution is -0.115. The van der Waals surface area contributed by atoms with Gasteiger partial charge in [0.15, 0.2) is 23.1 Å². The number of aromatic nitrogens is 10. The molecule has 6 heterocycles. The Labute approximate surface area is 499 Å². The van der Waals surface area contributed by atoms with E-state index >= 15 is 19.2 Å². The molecule has 18 heteroatoms. The normalized spacial score (nSPS) is 11.6. The van der Waals surface area contributed by atoms with Crippen molar-refractivity contribution in [3.05, 3.63) is 261 Å². The van der Waals surface area contributed by atoms with Crippen molar-refractivity contribution in [2.45, 2.75) is 51.4 Å². The van der Waals surface area contributed by atoms with Crippen LogP contribution in [0.15, 0.2) is 215 Å². The van der Waals surface area contributed by atoms with E-state index in [2.05, 4.69) is 26.3 Å². The second-order valence-electron chi connectivity index (χ2n) is 21.3. The van der Waals surface area contributed by atoms with E-state index in [1.54, 1.807) is 24.3 Å². The Bertz CT molecular complexity index is 4750. The number of hydrogen-bond donors (Lipinski definition) is 0. The van der Waals surface area contributed by atoms with Gasteiger partial charge in [-0.2, -0.15) is 0 Å². The van der Waals surface area contributed by atoms with Crippen LogP contribution < -0.4 is 22.2 Å². The average molecular weight is 1160 g/mol. The predicted molar refractivity (Wildman–Crippen MR) is 340 cm³/mol. The van der Waals surface area contributed by atoms with E-state index in [1.165, 1.54) is 36.4 Å². The zero-order valence-electron chi connectivity index (χ0n) is 47.4. The zero-order valence-corrected chi connectivity index (χ0v) is 47.4. The molecule has 0 aliphatic carbocycles. The number of para-hydroxylation sites is 8. The number of fused-ring (bicyclic) bond motifs is 6. The number of imidazole rings is 4. The third-order valence-corrected chi connectivity index (χ3v) is 16.0. The lowest BCUT2D eigenvalue weighted by Gasteiger charge is -2.16. The van der Waals surface area contributed by atoms with Crippen LogP contribution in [0.4, 0.5) is 0 Å². The van der Waals surface area contributed by atoms with Crippen molar-refractivity contribution in [3.8, 4) is 34.1 Å². The molecule has 0 spiro atoms. The van der Waals surface area contributed by atoms with Gasteiger partial charge in [-0.25, -0.2) is 29.1 Å². The van der Waals surface area contributed by atoms with Crippen molar-refractivity contribution in [1.29, 1.82) is 0 Å². The summed E-state index contributed by atoms with van der Waals surface area (Å²) in [4.78, 5) is 132. The van der Waals surface area contributed by atoms with Gasteiger partial charge in [0.1, 0.15) is 23.3 Å². The number of aryl methyl sites for hydroxylation is 4. The zero-order chi connectivity index (χ0) is 61.1. The predicted octanol–water partition coefficient (Wildman–Crippen LogP) is 10.00. The fourth-order valence-corrected chi connectivity index (χ4v) is 11.9. The minimum absolute atomic E-state index is 0.0994. The van der Waals surface area contributed by atoms with Gasteiger partial charge in [0.05, 0.1) is 99.8 Å². The molecule has 0 saturated carbocycles. The fraction of sp³-hybridized carbons (Fsp3) is 0.114. The summed E-state index contributed by atoms with van der Waals surface area (Å²) in [6.45, 7) is 14.6. The number of hydrogen-bond acceptors (Lipinski definition) is 12. The molecule has 0 amide bonds. The first-order valence-corrected chi connectivity index (χ1v) is 28.5. The van der Waals surface area contributed by atoms with Gasteiger partial charge >= 0.3 is 0 Å². The molecule has 18 nitrogen and oxygen atoms in total. The first-order chi connectivity index (χ1) is 42.7. The summed E-state index contributed by atoms with van der Waals surface area (Å²) in [5, 5.41) is -0.468. The molecule has 0 unspecified atom stereocenters. The van der Waals surface area contributed by atoms with Gasteiger partial charge in [-0.3, -0.25) is 56.6 Å². The van der Waals surface area contributed by atoms with Crippen molar-refractivity contribution < 1.29 is 19.2 Å². The van der Waals surface area contributed by atoms with Crippen LogP contribution in [0, 0.1) is 0 Å². The Hall–Kier alpha value is -11.7. The Morgan fingerprint density at radius 1 is 0.307 bits per heavy atom. The first-order valence-electron chi connectivity index (χ1n) is 28.5. The van der Waals surface area contributed by atoms with Gasteiger partial charge in [0.2, 0.25) is 0 Å². The van der Waals surface area contributed by atoms with Crippen molar-refractivity contribution in [2.24, 2.45) is 0 Å². The number of ketones is 4. The SMILES string of the molecule is C=CC(=O)CCc1nc2ccccc2n1-c1cc(-n2c(=O)c3cc4c(=O)n(-c5cc(-n6c(CCC(=O)C=C)nc7ccccc76)cc(-n6c(CCC(=O)C=C)nc7ccccc76)c5)c(=O)c4cc3c2=O)cc(-n2c(CCC(=O)C=C)nc3ccccc32)c1. The van der Waals surface area contributed by atoms with Crippen molar-refractivity contribution in [3.63, 3.8) is 0 Å². The van der Waals surface area contributed by atoms with E-state index in [1.807, 2.05) is 127 Å². The molecule has 0 fully saturated rings. The molecule has 0 saturated heterocycles. The highest BCUT2D eigenvalue weighted by molar-refractivity contribution is 5.99. The molecule has 430 valence electrons. The van der Waals surface area contributed by atoms with Crippen LogP contribution in [0.3, 0.4) is 0 Å². The second-order valence-corrected chi connectivity index (χ2v) is 21.3. The van der Waals surface area contributed by atoms with Crippen LogP contribution in [0.2, 0.25) is 0 Å². The maximum atomic E-state index is 15.3. The van der Waals surface area contributed by atoms with Crippen molar-refractivity contribution in [2.75, 3.05) is 0 Å². The maximum Gasteiger partial charge on any atom is 0.266 e. The number of allylic oxidation sites excluding steroid dienone is 4. The third kappa shape index (κ3) is 9.58. The molecule has 0 radical (unpaired) electrons. The highest BCUT2D eigenvalue weighted by atomic mass is 16.2. The summed E-state index contributed by atoms with van der Waals surface area (Å²) in [6, 6.07) is 42.7. The number of nitrogens with zero attached hydrogens (tertiary/aromatic N) is 10. The minimum Gasteiger partial charge on any atom is -0.296 e. The van der Waals surface area contributed by atoms with E-state index in [0.717, 1.165) is 9.13 Å². The van der Waals surface area contributed by atoms with Gasteiger partial charge in [0.25, 0.3) is 22.2 Å². The summed E-state index contributed by atoms with van der Waals surface area (Å²) in [5.74, 6) is 1.31. The smallest absolute Gasteiger partial charge is 0.266 e. The van der Waals surface area contributed by atoms with E-state index in [4.69, 9.17) is 19.9 Å². The van der Waals surface area contributed by atoms with Gasteiger partial charge in [0, 0.05) is 51.4 Å². The Kier molecular flexibility index (Phi) is 14.1. The fourth-order valence-electron chi connectivity index (χ4n) is 11.9. The molecule has 6 aromatic heterocycles. The monoisotopic (exact) mass is 1160 g/mol. The molecule has 88 heavy (non-hydrogen) atoms. The van der Waals surface area contributed by atoms with E-state index in [9.17, 15) is 19.2 Å². The molecule has 0 N–H and O–H groups in total. The third-order valence-electron chi connectivity index (χ3n) is 16.0. The largest absolute Gasteiger partial charge is 0.296 e.